The van der Waals surface area contributed by atoms with E-state index in [9.17, 15) is 35.4 Å². The second-order valence-electron chi connectivity index (χ2n) is 12.3. The van der Waals surface area contributed by atoms with Crippen molar-refractivity contribution in [3.05, 3.63) is 12.2 Å². The van der Waals surface area contributed by atoms with Crippen molar-refractivity contribution in [1.29, 1.82) is 0 Å². The third-order valence-electron chi connectivity index (χ3n) is 11.0. The number of rotatable bonds is 3. The molecule has 2 bridgehead atoms. The van der Waals surface area contributed by atoms with Gasteiger partial charge < -0.3 is 40.1 Å². The van der Waals surface area contributed by atoms with Gasteiger partial charge in [0.1, 0.15) is 24.4 Å². The molecule has 4 saturated carbocycles. The summed E-state index contributed by atoms with van der Waals surface area (Å²) < 4.78 is 11.0. The van der Waals surface area contributed by atoms with E-state index >= 15 is 0 Å². The summed E-state index contributed by atoms with van der Waals surface area (Å²) in [7, 11) is 0. The first-order valence-corrected chi connectivity index (χ1v) is 13.0. The minimum absolute atomic E-state index is 0.219. The van der Waals surface area contributed by atoms with Crippen molar-refractivity contribution in [1.82, 2.24) is 0 Å². The SMILES string of the molecule is C=C1[C@H]2CC[C@]3(O)[C@@](CC[C@@H]4[C@](C)(C(=O)O[C@@H]5O[C@H](CO)[C@H](O)[C@H](O)[C@@H]5O)CCC[C@]43C)(C2)[C@H]1O. The highest BCUT2D eigenvalue weighted by Gasteiger charge is 2.75. The van der Waals surface area contributed by atoms with E-state index in [0.29, 0.717) is 32.1 Å². The third kappa shape index (κ3) is 3.15. The number of carbonyl (C=O) groups excluding carboxylic acids is 1. The van der Waals surface area contributed by atoms with E-state index in [1.807, 2.05) is 13.8 Å². The molecular weight excluding hydrogens is 456 g/mol. The predicted molar refractivity (Wildman–Crippen MR) is 123 cm³/mol. The van der Waals surface area contributed by atoms with Crippen LogP contribution in [-0.2, 0) is 14.3 Å². The number of fused-ring (bicyclic) bond motifs is 3. The summed E-state index contributed by atoms with van der Waals surface area (Å²) in [6.07, 6.45) is -3.08. The molecule has 1 saturated heterocycles. The second kappa shape index (κ2) is 8.21. The van der Waals surface area contributed by atoms with Crippen molar-refractivity contribution < 1.29 is 44.9 Å². The number of hydrogen-bond acceptors (Lipinski definition) is 9. The average Bonchev–Trinajstić information content (AvgIpc) is 3.03. The molecule has 5 rings (SSSR count). The molecule has 9 heteroatoms. The third-order valence-corrected chi connectivity index (χ3v) is 11.0. The van der Waals surface area contributed by atoms with Crippen molar-refractivity contribution in [2.75, 3.05) is 6.61 Å². The van der Waals surface area contributed by atoms with Crippen LogP contribution in [0.15, 0.2) is 12.2 Å². The number of esters is 1. The molecule has 6 N–H and O–H groups in total. The van der Waals surface area contributed by atoms with Crippen LogP contribution >= 0.6 is 0 Å². The summed E-state index contributed by atoms with van der Waals surface area (Å²) in [4.78, 5) is 13.7. The Bertz CT molecular complexity index is 892. The first-order chi connectivity index (χ1) is 16.4. The van der Waals surface area contributed by atoms with Crippen molar-refractivity contribution in [3.63, 3.8) is 0 Å². The van der Waals surface area contributed by atoms with Gasteiger partial charge in [-0.25, -0.2) is 0 Å². The highest BCUT2D eigenvalue weighted by atomic mass is 16.7. The zero-order valence-electron chi connectivity index (χ0n) is 20.6. The molecule has 9 nitrogen and oxygen atoms in total. The molecule has 0 amide bonds. The van der Waals surface area contributed by atoms with Crippen LogP contribution in [0.2, 0.25) is 0 Å². The van der Waals surface area contributed by atoms with Crippen LogP contribution in [0, 0.1) is 28.1 Å². The summed E-state index contributed by atoms with van der Waals surface area (Å²) in [6.45, 7) is 7.41. The van der Waals surface area contributed by atoms with Gasteiger partial charge in [0.25, 0.3) is 0 Å². The van der Waals surface area contributed by atoms with Crippen molar-refractivity contribution in [2.45, 2.75) is 108 Å². The van der Waals surface area contributed by atoms with Gasteiger partial charge in [-0.1, -0.05) is 19.9 Å². The summed E-state index contributed by atoms with van der Waals surface area (Å²) in [6, 6.07) is 0. The topological polar surface area (TPSA) is 157 Å². The first kappa shape index (κ1) is 25.6. The highest BCUT2D eigenvalue weighted by molar-refractivity contribution is 5.77. The molecule has 0 aromatic rings. The molecule has 0 unspecified atom stereocenters. The molecule has 4 aliphatic carbocycles. The molecular formula is C26H40O9. The molecule has 0 aromatic heterocycles. The van der Waals surface area contributed by atoms with Crippen molar-refractivity contribution in [2.24, 2.45) is 28.1 Å². The molecule has 35 heavy (non-hydrogen) atoms. The van der Waals surface area contributed by atoms with Gasteiger partial charge in [-0.05, 0) is 69.3 Å². The standard InChI is InChI=1S/C26H40O9/c1-13-14-5-10-26(33)24(3)8-4-7-23(2,16(24)6-9-25(26,11-14)20(13)31)22(32)35-21-19(30)18(29)17(28)15(12-27)34-21/h14-21,27-31,33H,1,4-12H2,2-3H3/t14-,15+,16+,17-,18-,19-,20-,21-,23+,24+,25-,26+/m0/s1. The van der Waals surface area contributed by atoms with Crippen LogP contribution in [-0.4, -0.2) is 85.6 Å². The van der Waals surface area contributed by atoms with E-state index < -0.39 is 71.2 Å². The number of aliphatic hydroxyl groups excluding tert-OH is 5. The predicted octanol–water partition coefficient (Wildman–Crippen LogP) is 0.384. The lowest BCUT2D eigenvalue weighted by atomic mass is 9.38. The highest BCUT2D eigenvalue weighted by Crippen LogP contribution is 2.73. The van der Waals surface area contributed by atoms with E-state index in [1.54, 1.807) is 0 Å². The Morgan fingerprint density at radius 2 is 1.77 bits per heavy atom. The fourth-order valence-corrected chi connectivity index (χ4v) is 8.93. The molecule has 0 aromatic carbocycles. The van der Waals surface area contributed by atoms with Gasteiger partial charge in [-0.2, -0.15) is 0 Å². The summed E-state index contributed by atoms with van der Waals surface area (Å²) in [5.74, 6) is -0.603. The first-order valence-electron chi connectivity index (χ1n) is 13.0. The zero-order chi connectivity index (χ0) is 25.6. The number of aliphatic hydroxyl groups is 6. The summed E-state index contributed by atoms with van der Waals surface area (Å²) in [5.41, 5.74) is -2.60. The van der Waals surface area contributed by atoms with Crippen molar-refractivity contribution in [3.8, 4) is 0 Å². The summed E-state index contributed by atoms with van der Waals surface area (Å²) >= 11 is 0. The Balaban J connectivity index is 1.43. The van der Waals surface area contributed by atoms with Crippen LogP contribution in [0.4, 0.5) is 0 Å². The van der Waals surface area contributed by atoms with Gasteiger partial charge in [-0.15, -0.1) is 0 Å². The van der Waals surface area contributed by atoms with Crippen LogP contribution in [0.1, 0.15) is 65.2 Å². The van der Waals surface area contributed by atoms with Gasteiger partial charge in [0.05, 0.1) is 23.7 Å². The van der Waals surface area contributed by atoms with Gasteiger partial charge >= 0.3 is 5.97 Å². The lowest BCUT2D eigenvalue weighted by Gasteiger charge is -2.68. The number of ether oxygens (including phenoxy) is 2. The van der Waals surface area contributed by atoms with E-state index in [1.165, 1.54) is 0 Å². The van der Waals surface area contributed by atoms with Crippen molar-refractivity contribution >= 4 is 5.97 Å². The Morgan fingerprint density at radius 1 is 1.06 bits per heavy atom. The minimum atomic E-state index is -1.66. The molecule has 0 radical (unpaired) electrons. The smallest absolute Gasteiger partial charge is 0.314 e. The maximum atomic E-state index is 13.7. The molecule has 5 aliphatic rings. The molecule has 198 valence electrons. The van der Waals surface area contributed by atoms with Gasteiger partial charge in [0.15, 0.2) is 0 Å². The van der Waals surface area contributed by atoms with Gasteiger partial charge in [-0.3, -0.25) is 4.79 Å². The van der Waals surface area contributed by atoms with E-state index in [4.69, 9.17) is 9.47 Å². The maximum Gasteiger partial charge on any atom is 0.314 e. The van der Waals surface area contributed by atoms with Gasteiger partial charge in [0, 0.05) is 10.8 Å². The Labute approximate surface area is 205 Å². The van der Waals surface area contributed by atoms with Crippen LogP contribution in [0.25, 0.3) is 0 Å². The molecule has 1 heterocycles. The van der Waals surface area contributed by atoms with Crippen LogP contribution < -0.4 is 0 Å². The Morgan fingerprint density at radius 3 is 2.46 bits per heavy atom. The lowest BCUT2D eigenvalue weighted by molar-refractivity contribution is -0.303. The fraction of sp³-hybridized carbons (Fsp3) is 0.885. The molecule has 5 fully saturated rings. The van der Waals surface area contributed by atoms with Gasteiger partial charge in [0.2, 0.25) is 6.29 Å². The molecule has 1 spiro atoms. The lowest BCUT2D eigenvalue weighted by Crippen LogP contribution is -2.71. The van der Waals surface area contributed by atoms with Crippen LogP contribution in [0.5, 0.6) is 0 Å². The van der Waals surface area contributed by atoms with E-state index in [2.05, 4.69) is 6.58 Å². The average molecular weight is 497 g/mol. The van der Waals surface area contributed by atoms with E-state index in [-0.39, 0.29) is 11.8 Å². The zero-order valence-corrected chi connectivity index (χ0v) is 20.6. The fourth-order valence-electron chi connectivity index (χ4n) is 8.93. The minimum Gasteiger partial charge on any atom is -0.432 e. The number of hydrogen-bond donors (Lipinski definition) is 6. The Kier molecular flexibility index (Phi) is 6.00. The number of carbonyl (C=O) groups is 1. The largest absolute Gasteiger partial charge is 0.432 e. The molecule has 12 atom stereocenters. The quantitative estimate of drug-likeness (QED) is 0.240. The second-order valence-corrected chi connectivity index (χ2v) is 12.3. The van der Waals surface area contributed by atoms with Crippen LogP contribution in [0.3, 0.4) is 0 Å². The summed E-state index contributed by atoms with van der Waals surface area (Å²) in [5, 5.41) is 63.6. The molecule has 1 aliphatic heterocycles. The maximum absolute atomic E-state index is 13.7. The normalized spacial score (nSPS) is 55.7. The Hall–Kier alpha value is -1.07. The van der Waals surface area contributed by atoms with E-state index in [0.717, 1.165) is 24.8 Å². The monoisotopic (exact) mass is 496 g/mol.